The van der Waals surface area contributed by atoms with Crippen molar-refractivity contribution < 1.29 is 8.42 Å². The topological polar surface area (TPSA) is 80.5 Å². The first-order chi connectivity index (χ1) is 10.9. The maximum absolute atomic E-state index is 12.6. The van der Waals surface area contributed by atoms with E-state index in [0.717, 1.165) is 18.5 Å². The highest BCUT2D eigenvalue weighted by Crippen LogP contribution is 2.19. The Morgan fingerprint density at radius 2 is 2.13 bits per heavy atom. The van der Waals surface area contributed by atoms with Crippen LogP contribution in [0.5, 0.6) is 0 Å². The summed E-state index contributed by atoms with van der Waals surface area (Å²) in [6, 6.07) is 4.47. The van der Waals surface area contributed by atoms with Crippen LogP contribution in [0.1, 0.15) is 25.5 Å². The molecule has 1 N–H and O–H groups in total. The predicted octanol–water partition coefficient (Wildman–Crippen LogP) is 2.30. The maximum Gasteiger partial charge on any atom is 0.266 e. The van der Waals surface area contributed by atoms with Gasteiger partial charge >= 0.3 is 0 Å². The van der Waals surface area contributed by atoms with Crippen molar-refractivity contribution in [3.8, 4) is 0 Å². The van der Waals surface area contributed by atoms with Gasteiger partial charge < -0.3 is 0 Å². The van der Waals surface area contributed by atoms with Crippen molar-refractivity contribution in [2.24, 2.45) is 0 Å². The van der Waals surface area contributed by atoms with E-state index >= 15 is 0 Å². The molecule has 2 heterocycles. The van der Waals surface area contributed by atoms with Gasteiger partial charge in [0, 0.05) is 17.6 Å². The molecule has 0 spiro atoms. The number of thiazole rings is 1. The maximum atomic E-state index is 12.6. The number of unbranched alkanes of at least 4 members (excludes halogenated alkanes) is 1. The zero-order chi connectivity index (χ0) is 16.6. The minimum absolute atomic E-state index is 0.0906. The van der Waals surface area contributed by atoms with Gasteiger partial charge in [-0.05, 0) is 31.5 Å². The molecule has 0 saturated carbocycles. The van der Waals surface area contributed by atoms with Crippen LogP contribution in [-0.4, -0.2) is 24.3 Å². The zero-order valence-electron chi connectivity index (χ0n) is 12.9. The molecule has 0 bridgehead atoms. The first kappa shape index (κ1) is 16.1. The first-order valence-corrected chi connectivity index (χ1v) is 9.70. The van der Waals surface area contributed by atoms with Gasteiger partial charge in [-0.1, -0.05) is 13.3 Å². The van der Waals surface area contributed by atoms with Gasteiger partial charge in [-0.2, -0.15) is 0 Å². The van der Waals surface area contributed by atoms with Gasteiger partial charge in [0.05, 0.1) is 15.8 Å². The van der Waals surface area contributed by atoms with E-state index in [9.17, 15) is 13.2 Å². The Kier molecular flexibility index (Phi) is 4.22. The molecule has 3 aromatic rings. The Bertz CT molecular complexity index is 1040. The second-order valence-corrected chi connectivity index (χ2v) is 7.95. The van der Waals surface area contributed by atoms with E-state index in [1.807, 2.05) is 19.2 Å². The van der Waals surface area contributed by atoms with Gasteiger partial charge in [-0.25, -0.2) is 18.1 Å². The molecule has 0 saturated heterocycles. The van der Waals surface area contributed by atoms with E-state index in [2.05, 4.69) is 9.71 Å². The summed E-state index contributed by atoms with van der Waals surface area (Å²) in [5.74, 6) is 0. The van der Waals surface area contributed by atoms with Gasteiger partial charge in [-0.3, -0.25) is 9.20 Å². The van der Waals surface area contributed by atoms with Gasteiger partial charge in [0.15, 0.2) is 4.96 Å². The third-order valence-electron chi connectivity index (χ3n) is 3.63. The third kappa shape index (κ3) is 2.89. The van der Waals surface area contributed by atoms with Gasteiger partial charge in [-0.15, -0.1) is 11.3 Å². The predicted molar refractivity (Wildman–Crippen MR) is 91.7 cm³/mol. The second-order valence-electron chi connectivity index (χ2n) is 5.34. The van der Waals surface area contributed by atoms with Crippen molar-refractivity contribution in [1.29, 1.82) is 0 Å². The van der Waals surface area contributed by atoms with Crippen LogP contribution in [-0.2, 0) is 10.0 Å². The normalized spacial score (nSPS) is 12.3. The third-order valence-corrected chi connectivity index (χ3v) is 6.03. The Morgan fingerprint density at radius 3 is 2.87 bits per heavy atom. The second kappa shape index (κ2) is 6.03. The minimum atomic E-state index is -3.61. The van der Waals surface area contributed by atoms with Crippen LogP contribution in [0.2, 0.25) is 0 Å². The van der Waals surface area contributed by atoms with E-state index in [1.54, 1.807) is 6.07 Å². The number of sulfonamides is 1. The molecule has 0 radical (unpaired) electrons. The fourth-order valence-electron chi connectivity index (χ4n) is 2.36. The Morgan fingerprint density at radius 1 is 1.35 bits per heavy atom. The molecule has 0 aliphatic heterocycles. The van der Waals surface area contributed by atoms with E-state index in [0.29, 0.717) is 22.4 Å². The largest absolute Gasteiger partial charge is 0.268 e. The molecule has 3 rings (SSSR count). The number of aryl methyl sites for hydroxylation is 1. The number of nitrogens with one attached hydrogen (secondary N) is 1. The number of hydrogen-bond acceptors (Lipinski definition) is 5. The molecule has 0 amide bonds. The Labute approximate surface area is 137 Å². The average molecular weight is 351 g/mol. The number of fused-ring (bicyclic) bond motifs is 2. The number of aromatic nitrogens is 2. The van der Waals surface area contributed by atoms with Gasteiger partial charge in [0.2, 0.25) is 10.0 Å². The van der Waals surface area contributed by atoms with E-state index in [-0.39, 0.29) is 10.5 Å². The number of benzene rings is 1. The van der Waals surface area contributed by atoms with Crippen molar-refractivity contribution in [2.45, 2.75) is 31.6 Å². The van der Waals surface area contributed by atoms with Crippen molar-refractivity contribution in [1.82, 2.24) is 14.1 Å². The van der Waals surface area contributed by atoms with Crippen molar-refractivity contribution >= 4 is 37.2 Å². The lowest BCUT2D eigenvalue weighted by Crippen LogP contribution is -2.25. The van der Waals surface area contributed by atoms with Crippen LogP contribution >= 0.6 is 11.3 Å². The van der Waals surface area contributed by atoms with Crippen LogP contribution in [0.3, 0.4) is 0 Å². The van der Waals surface area contributed by atoms with Gasteiger partial charge in [0.25, 0.3) is 5.56 Å². The summed E-state index contributed by atoms with van der Waals surface area (Å²) in [6.07, 6.45) is 1.67. The van der Waals surface area contributed by atoms with Crippen LogP contribution < -0.4 is 10.3 Å². The van der Waals surface area contributed by atoms with Crippen molar-refractivity contribution in [2.75, 3.05) is 6.54 Å². The summed E-state index contributed by atoms with van der Waals surface area (Å²) < 4.78 is 28.7. The van der Waals surface area contributed by atoms with Crippen LogP contribution in [0, 0.1) is 6.92 Å². The minimum Gasteiger partial charge on any atom is -0.268 e. The SMILES string of the molecule is CCCCNS(=O)(=O)c1ccc2nc3scc(C)n3c(=O)c2c1. The van der Waals surface area contributed by atoms with E-state index in [1.165, 1.54) is 27.9 Å². The number of nitrogens with zero attached hydrogens (tertiary/aromatic N) is 2. The van der Waals surface area contributed by atoms with E-state index in [4.69, 9.17) is 0 Å². The van der Waals surface area contributed by atoms with Crippen molar-refractivity contribution in [3.63, 3.8) is 0 Å². The fraction of sp³-hybridized carbons (Fsp3) is 0.333. The number of hydrogen-bond donors (Lipinski definition) is 1. The lowest BCUT2D eigenvalue weighted by Gasteiger charge is -2.07. The highest BCUT2D eigenvalue weighted by atomic mass is 32.2. The molecule has 0 aliphatic rings. The molecule has 122 valence electrons. The highest BCUT2D eigenvalue weighted by Gasteiger charge is 2.16. The summed E-state index contributed by atoms with van der Waals surface area (Å²) >= 11 is 1.39. The summed E-state index contributed by atoms with van der Waals surface area (Å²) in [6.45, 7) is 4.20. The Hall–Kier alpha value is -1.77. The van der Waals surface area contributed by atoms with Crippen LogP contribution in [0.25, 0.3) is 15.9 Å². The monoisotopic (exact) mass is 351 g/mol. The summed E-state index contributed by atoms with van der Waals surface area (Å²) in [4.78, 5) is 17.7. The van der Waals surface area contributed by atoms with Crippen LogP contribution in [0.15, 0.2) is 33.3 Å². The fourth-order valence-corrected chi connectivity index (χ4v) is 4.32. The van der Waals surface area contributed by atoms with Crippen LogP contribution in [0.4, 0.5) is 0 Å². The lowest BCUT2D eigenvalue weighted by molar-refractivity contribution is 0.578. The highest BCUT2D eigenvalue weighted by molar-refractivity contribution is 7.89. The molecule has 0 unspecified atom stereocenters. The molecule has 0 aliphatic carbocycles. The molecule has 0 fully saturated rings. The summed E-state index contributed by atoms with van der Waals surface area (Å²) in [5.41, 5.74) is 1.05. The quantitative estimate of drug-likeness (QED) is 0.715. The average Bonchev–Trinajstić information content (AvgIpc) is 2.88. The Balaban J connectivity index is 2.15. The summed E-state index contributed by atoms with van der Waals surface area (Å²) in [7, 11) is -3.61. The lowest BCUT2D eigenvalue weighted by atomic mass is 10.2. The molecule has 1 aromatic carbocycles. The first-order valence-electron chi connectivity index (χ1n) is 7.34. The zero-order valence-corrected chi connectivity index (χ0v) is 14.5. The molecule has 6 nitrogen and oxygen atoms in total. The van der Waals surface area contributed by atoms with Gasteiger partial charge in [0.1, 0.15) is 0 Å². The van der Waals surface area contributed by atoms with Crippen molar-refractivity contribution in [3.05, 3.63) is 39.6 Å². The molecule has 2 aromatic heterocycles. The molecule has 23 heavy (non-hydrogen) atoms. The molecule has 0 atom stereocenters. The smallest absolute Gasteiger partial charge is 0.266 e. The number of rotatable bonds is 5. The molecule has 8 heteroatoms. The molecular weight excluding hydrogens is 334 g/mol. The molecular formula is C15H17N3O3S2. The standard InChI is InChI=1S/C15H17N3O3S2/c1-3-4-7-16-23(20,21)11-5-6-13-12(8-11)14(19)18-10(2)9-22-15(18)17-13/h5-6,8-9,16H,3-4,7H2,1-2H3. The summed E-state index contributed by atoms with van der Waals surface area (Å²) in [5, 5.41) is 2.16. The van der Waals surface area contributed by atoms with E-state index < -0.39 is 10.0 Å².